The predicted octanol–water partition coefficient (Wildman–Crippen LogP) is -0.964. The van der Waals surface area contributed by atoms with Crippen LogP contribution in [0.2, 0.25) is 0 Å². The van der Waals surface area contributed by atoms with Crippen LogP contribution >= 0.6 is 0 Å². The summed E-state index contributed by atoms with van der Waals surface area (Å²) in [5.74, 6) is 0. The van der Waals surface area contributed by atoms with Crippen molar-refractivity contribution in [2.24, 2.45) is 0 Å². The van der Waals surface area contributed by atoms with Crippen molar-refractivity contribution in [3.8, 4) is 0 Å². The maximum Gasteiger partial charge on any atom is 0 e. The van der Waals surface area contributed by atoms with Crippen LogP contribution < -0.4 is 0 Å². The van der Waals surface area contributed by atoms with Crippen LogP contribution in [0.25, 0.3) is 0 Å². The van der Waals surface area contributed by atoms with Crippen molar-refractivity contribution in [1.29, 1.82) is 0 Å². The fraction of sp³-hybridized carbons (Fsp3) is 0. The van der Waals surface area contributed by atoms with E-state index in [9.17, 15) is 0 Å². The minimum absolute atomic E-state index is 0. The Hall–Kier alpha value is 0.369. The quantitative estimate of drug-likeness (QED) is 0.401. The van der Waals surface area contributed by atoms with Gasteiger partial charge in [-0.1, -0.05) is 4.53 Å². The Morgan fingerprint density at radius 2 is 1.25 bits per heavy atom. The van der Waals surface area contributed by atoms with Gasteiger partial charge in [0.05, 0.1) is 0 Å². The molecule has 30 valence electrons. The van der Waals surface area contributed by atoms with Gasteiger partial charge in [-0.05, 0) is 0 Å². The smallest absolute Gasteiger partial charge is 0 e. The van der Waals surface area contributed by atoms with E-state index in [-0.39, 0.29) is 22.5 Å². The average molecular weight is 110 g/mol. The summed E-state index contributed by atoms with van der Waals surface area (Å²) in [5.41, 5.74) is 0. The molecule has 4 heavy (non-hydrogen) atoms. The second-order valence-corrected chi connectivity index (χ2v) is 0. The SMILES string of the molecule is O.OF.[Fe]. The van der Waals surface area contributed by atoms with E-state index in [1.807, 2.05) is 0 Å². The summed E-state index contributed by atoms with van der Waals surface area (Å²) >= 11 is 0. The average Bonchev–Trinajstić information content (AvgIpc) is 1.00. The summed E-state index contributed by atoms with van der Waals surface area (Å²) < 4.78 is 8.50. The standard InChI is InChI=1S/FHO.Fe.H2O/c1-2;;/h2H;;1H2. The van der Waals surface area contributed by atoms with Gasteiger partial charge in [0.1, 0.15) is 0 Å². The summed E-state index contributed by atoms with van der Waals surface area (Å²) in [6.45, 7) is 0. The molecular weight excluding hydrogens is 107 g/mol. The Bertz CT molecular complexity index is 6.00. The third kappa shape index (κ3) is 32.6. The minimum Gasteiger partial charge on any atom is -0.412 e. The van der Waals surface area contributed by atoms with Gasteiger partial charge in [-0.25, -0.2) is 5.31 Å². The van der Waals surface area contributed by atoms with Crippen LogP contribution in [0.3, 0.4) is 0 Å². The Labute approximate surface area is 33.3 Å². The molecule has 0 unspecified atom stereocenters. The van der Waals surface area contributed by atoms with Gasteiger partial charge in [0.15, 0.2) is 0 Å². The van der Waals surface area contributed by atoms with E-state index in [0.717, 1.165) is 0 Å². The molecule has 0 atom stereocenters. The van der Waals surface area contributed by atoms with E-state index in [0.29, 0.717) is 0 Å². The molecule has 0 aromatic carbocycles. The van der Waals surface area contributed by atoms with Crippen LogP contribution in [-0.2, 0) is 17.1 Å². The zero-order valence-electron chi connectivity index (χ0n) is 1.68. The maximum atomic E-state index is 8.50. The Kier molecular flexibility index (Phi) is 916. The zero-order chi connectivity index (χ0) is 2.00. The van der Waals surface area contributed by atoms with Crippen molar-refractivity contribution >= 4 is 0 Å². The summed E-state index contributed by atoms with van der Waals surface area (Å²) in [7, 11) is 0. The van der Waals surface area contributed by atoms with E-state index in [4.69, 9.17) is 9.84 Å². The first kappa shape index (κ1) is 26.5. The molecule has 4 heteroatoms. The van der Waals surface area contributed by atoms with Crippen molar-refractivity contribution in [1.82, 2.24) is 0 Å². The molecule has 3 N–H and O–H groups in total. The van der Waals surface area contributed by atoms with Gasteiger partial charge in [0, 0.05) is 17.1 Å². The summed E-state index contributed by atoms with van der Waals surface area (Å²) in [6.07, 6.45) is 0. The van der Waals surface area contributed by atoms with E-state index in [1.165, 1.54) is 0 Å². The summed E-state index contributed by atoms with van der Waals surface area (Å²) in [5, 5.41) is 5.50. The molecule has 0 aromatic rings. The molecule has 0 bridgehead atoms. The van der Waals surface area contributed by atoms with E-state index in [1.54, 1.807) is 0 Å². The molecule has 0 heterocycles. The molecule has 2 nitrogen and oxygen atoms in total. The van der Waals surface area contributed by atoms with E-state index >= 15 is 0 Å². The van der Waals surface area contributed by atoms with Crippen LogP contribution in [-0.4, -0.2) is 10.8 Å². The van der Waals surface area contributed by atoms with Crippen LogP contribution in [0.1, 0.15) is 0 Å². The predicted molar refractivity (Wildman–Crippen MR) is 6.94 cm³/mol. The molecular formula is H3FFeO2. The molecule has 0 radical (unpaired) electrons. The van der Waals surface area contributed by atoms with Gasteiger partial charge in [0.25, 0.3) is 0 Å². The number of hydrogen-bond donors (Lipinski definition) is 1. The van der Waals surface area contributed by atoms with Crippen LogP contribution in [0, 0.1) is 0 Å². The normalized spacial score (nSPS) is 1.50. The molecule has 0 rings (SSSR count). The number of hydrogen-bond acceptors (Lipinski definition) is 1. The molecule has 0 amide bonds. The topological polar surface area (TPSA) is 51.7 Å². The van der Waals surface area contributed by atoms with Crippen molar-refractivity contribution in [3.63, 3.8) is 0 Å². The number of halogens is 1. The third-order valence-electron chi connectivity index (χ3n) is 0. The Balaban J connectivity index is -0.00000000500. The third-order valence-corrected chi connectivity index (χ3v) is 0. The largest absolute Gasteiger partial charge is 0.412 e. The van der Waals surface area contributed by atoms with Gasteiger partial charge in [-0.3, -0.25) is 0 Å². The zero-order valence-corrected chi connectivity index (χ0v) is 2.78. The first-order valence-electron chi connectivity index (χ1n) is 0.169. The Morgan fingerprint density at radius 1 is 1.25 bits per heavy atom. The first-order chi connectivity index (χ1) is 1.00. The van der Waals surface area contributed by atoms with Gasteiger partial charge in [0.2, 0.25) is 0 Å². The molecule has 0 spiro atoms. The molecule has 0 fully saturated rings. The first-order valence-corrected chi connectivity index (χ1v) is 0.169. The van der Waals surface area contributed by atoms with Crippen LogP contribution in [0.15, 0.2) is 0 Å². The van der Waals surface area contributed by atoms with Crippen molar-refractivity contribution in [2.45, 2.75) is 0 Å². The molecule has 0 aliphatic heterocycles. The fourth-order valence-corrected chi connectivity index (χ4v) is 0. The monoisotopic (exact) mass is 110 g/mol. The molecule has 0 aromatic heterocycles. The fourth-order valence-electron chi connectivity index (χ4n) is 0. The molecule has 0 saturated heterocycles. The van der Waals surface area contributed by atoms with E-state index in [2.05, 4.69) is 0 Å². The maximum absolute atomic E-state index is 8.50. The van der Waals surface area contributed by atoms with E-state index < -0.39 is 0 Å². The molecule has 0 aliphatic carbocycles. The van der Waals surface area contributed by atoms with Crippen LogP contribution in [0.5, 0.6) is 0 Å². The van der Waals surface area contributed by atoms with Crippen LogP contribution in [0.4, 0.5) is 4.53 Å². The summed E-state index contributed by atoms with van der Waals surface area (Å²) in [6, 6.07) is 0. The van der Waals surface area contributed by atoms with Crippen molar-refractivity contribution < 1.29 is 32.4 Å². The molecule has 0 aliphatic rings. The summed E-state index contributed by atoms with van der Waals surface area (Å²) in [4.78, 5) is 0. The molecule has 0 saturated carbocycles. The second kappa shape index (κ2) is 139. The van der Waals surface area contributed by atoms with Crippen molar-refractivity contribution in [2.75, 3.05) is 0 Å². The van der Waals surface area contributed by atoms with Gasteiger partial charge >= 0.3 is 0 Å². The van der Waals surface area contributed by atoms with Gasteiger partial charge < -0.3 is 5.48 Å². The van der Waals surface area contributed by atoms with Gasteiger partial charge in [-0.15, -0.1) is 0 Å². The Morgan fingerprint density at radius 3 is 1.25 bits per heavy atom. The second-order valence-electron chi connectivity index (χ2n) is 0. The number of rotatable bonds is 0. The van der Waals surface area contributed by atoms with Gasteiger partial charge in [-0.2, -0.15) is 0 Å². The minimum atomic E-state index is 0. The van der Waals surface area contributed by atoms with Crippen molar-refractivity contribution in [3.05, 3.63) is 0 Å².